The summed E-state index contributed by atoms with van der Waals surface area (Å²) in [5, 5.41) is 6.66. The molecule has 0 radical (unpaired) electrons. The average Bonchev–Trinajstić information content (AvgIpc) is 2.44. The van der Waals surface area contributed by atoms with Gasteiger partial charge in [-0.3, -0.25) is 9.78 Å². The van der Waals surface area contributed by atoms with E-state index < -0.39 is 0 Å². The number of aromatic nitrogens is 1. The highest BCUT2D eigenvalue weighted by molar-refractivity contribution is 6.36. The van der Waals surface area contributed by atoms with Crippen molar-refractivity contribution >= 4 is 40.5 Å². The van der Waals surface area contributed by atoms with Crippen molar-refractivity contribution in [2.75, 3.05) is 17.7 Å². The van der Waals surface area contributed by atoms with E-state index in [2.05, 4.69) is 15.6 Å². The number of hydrogen-bond acceptors (Lipinski definition) is 3. The van der Waals surface area contributed by atoms with Gasteiger partial charge in [-0.1, -0.05) is 23.2 Å². The molecule has 2 aromatic rings. The largest absolute Gasteiger partial charge is 0.387 e. The van der Waals surface area contributed by atoms with Crippen LogP contribution in [0.2, 0.25) is 10.0 Å². The number of benzene rings is 1. The first-order valence-corrected chi connectivity index (χ1v) is 6.67. The lowest BCUT2D eigenvalue weighted by Crippen LogP contribution is -2.14. The maximum Gasteiger partial charge on any atom is 0.259 e. The number of halogens is 2. The van der Waals surface area contributed by atoms with Crippen molar-refractivity contribution in [1.82, 2.24) is 4.98 Å². The van der Waals surface area contributed by atoms with Crippen LogP contribution in [-0.2, 0) is 0 Å². The minimum absolute atomic E-state index is 0.302. The first-order valence-electron chi connectivity index (χ1n) is 5.91. The summed E-state index contributed by atoms with van der Waals surface area (Å²) < 4.78 is 0. The molecular weight excluding hydrogens is 297 g/mol. The maximum atomic E-state index is 12.2. The van der Waals surface area contributed by atoms with Gasteiger partial charge in [-0.2, -0.15) is 0 Å². The van der Waals surface area contributed by atoms with Crippen LogP contribution in [0.3, 0.4) is 0 Å². The molecule has 2 rings (SSSR count). The molecule has 1 aromatic heterocycles. The van der Waals surface area contributed by atoms with E-state index in [9.17, 15) is 4.79 Å². The van der Waals surface area contributed by atoms with E-state index in [0.29, 0.717) is 27.0 Å². The lowest BCUT2D eigenvalue weighted by molar-refractivity contribution is 0.102. The van der Waals surface area contributed by atoms with Crippen LogP contribution in [0.15, 0.2) is 30.6 Å². The first kappa shape index (κ1) is 14.6. The Kier molecular flexibility index (Phi) is 4.47. The molecule has 0 saturated heterocycles. The van der Waals surface area contributed by atoms with E-state index in [-0.39, 0.29) is 5.91 Å². The molecule has 0 aliphatic carbocycles. The number of carbonyl (C=O) groups is 1. The molecule has 104 valence electrons. The molecule has 1 aromatic carbocycles. The van der Waals surface area contributed by atoms with Gasteiger partial charge in [0, 0.05) is 30.2 Å². The van der Waals surface area contributed by atoms with Crippen molar-refractivity contribution in [2.24, 2.45) is 0 Å². The molecule has 1 heterocycles. The number of amides is 1. The molecule has 6 heteroatoms. The lowest BCUT2D eigenvalue weighted by atomic mass is 10.2. The summed E-state index contributed by atoms with van der Waals surface area (Å²) in [4.78, 5) is 16.2. The Morgan fingerprint density at radius 2 is 1.95 bits per heavy atom. The monoisotopic (exact) mass is 309 g/mol. The van der Waals surface area contributed by atoms with E-state index in [4.69, 9.17) is 23.2 Å². The van der Waals surface area contributed by atoms with E-state index in [1.165, 1.54) is 6.20 Å². The van der Waals surface area contributed by atoms with Crippen molar-refractivity contribution in [3.63, 3.8) is 0 Å². The summed E-state index contributed by atoms with van der Waals surface area (Å²) in [5.41, 5.74) is 2.44. The summed E-state index contributed by atoms with van der Waals surface area (Å²) in [6.07, 6.45) is 3.10. The van der Waals surface area contributed by atoms with E-state index in [1.54, 1.807) is 31.4 Å². The van der Waals surface area contributed by atoms with Gasteiger partial charge in [-0.25, -0.2) is 0 Å². The van der Waals surface area contributed by atoms with Gasteiger partial charge in [0.15, 0.2) is 0 Å². The summed E-state index contributed by atoms with van der Waals surface area (Å²) in [6, 6.07) is 5.06. The van der Waals surface area contributed by atoms with Crippen LogP contribution in [-0.4, -0.2) is 17.9 Å². The SMILES string of the molecule is CNc1ccncc1C(=O)Nc1cc(Cl)c(C)cc1Cl. The van der Waals surface area contributed by atoms with Gasteiger partial charge in [-0.15, -0.1) is 0 Å². The molecule has 0 unspecified atom stereocenters. The minimum atomic E-state index is -0.302. The second-order valence-electron chi connectivity index (χ2n) is 4.21. The normalized spacial score (nSPS) is 10.2. The fraction of sp³-hybridized carbons (Fsp3) is 0.143. The van der Waals surface area contributed by atoms with Crippen molar-refractivity contribution in [3.05, 3.63) is 51.8 Å². The standard InChI is InChI=1S/C14H13Cl2N3O/c1-8-5-11(16)13(6-10(8)15)19-14(20)9-7-18-4-3-12(9)17-2/h3-7H,1-2H3,(H,17,18)(H,19,20). The van der Waals surface area contributed by atoms with Gasteiger partial charge in [0.05, 0.1) is 16.3 Å². The minimum Gasteiger partial charge on any atom is -0.387 e. The summed E-state index contributed by atoms with van der Waals surface area (Å²) in [7, 11) is 1.74. The quantitative estimate of drug-likeness (QED) is 0.901. The number of aryl methyl sites for hydroxylation is 1. The maximum absolute atomic E-state index is 12.2. The van der Waals surface area contributed by atoms with E-state index in [1.807, 2.05) is 6.92 Å². The Morgan fingerprint density at radius 3 is 2.65 bits per heavy atom. The highest BCUT2D eigenvalue weighted by Crippen LogP contribution is 2.29. The van der Waals surface area contributed by atoms with Crippen molar-refractivity contribution in [2.45, 2.75) is 6.92 Å². The van der Waals surface area contributed by atoms with Crippen LogP contribution in [0, 0.1) is 6.92 Å². The zero-order valence-corrected chi connectivity index (χ0v) is 12.5. The Labute approximate surface area is 127 Å². The van der Waals surface area contributed by atoms with Crippen molar-refractivity contribution < 1.29 is 4.79 Å². The van der Waals surface area contributed by atoms with Crippen LogP contribution < -0.4 is 10.6 Å². The van der Waals surface area contributed by atoms with Gasteiger partial charge in [0.1, 0.15) is 0 Å². The molecule has 0 aliphatic heterocycles. The molecular formula is C14H13Cl2N3O. The van der Waals surface area contributed by atoms with Gasteiger partial charge in [0.25, 0.3) is 5.91 Å². The van der Waals surface area contributed by atoms with Crippen molar-refractivity contribution in [1.29, 1.82) is 0 Å². The summed E-state index contributed by atoms with van der Waals surface area (Å²) in [5.74, 6) is -0.302. The Bertz CT molecular complexity index is 659. The molecule has 0 saturated carbocycles. The zero-order chi connectivity index (χ0) is 14.7. The first-order chi connectivity index (χ1) is 9.52. The molecule has 1 amide bonds. The van der Waals surface area contributed by atoms with Gasteiger partial charge < -0.3 is 10.6 Å². The van der Waals surface area contributed by atoms with Crippen LogP contribution >= 0.6 is 23.2 Å². The molecule has 2 N–H and O–H groups in total. The third-order valence-electron chi connectivity index (χ3n) is 2.83. The zero-order valence-electron chi connectivity index (χ0n) is 11.0. The van der Waals surface area contributed by atoms with Crippen LogP contribution in [0.1, 0.15) is 15.9 Å². The fourth-order valence-corrected chi connectivity index (χ4v) is 2.15. The number of pyridine rings is 1. The number of nitrogens with one attached hydrogen (secondary N) is 2. The van der Waals surface area contributed by atoms with Crippen LogP contribution in [0.5, 0.6) is 0 Å². The predicted octanol–water partition coefficient (Wildman–Crippen LogP) is 3.99. The number of rotatable bonds is 3. The molecule has 0 fully saturated rings. The van der Waals surface area contributed by atoms with Crippen LogP contribution in [0.4, 0.5) is 11.4 Å². The van der Waals surface area contributed by atoms with E-state index in [0.717, 1.165) is 5.56 Å². The lowest BCUT2D eigenvalue weighted by Gasteiger charge is -2.11. The highest BCUT2D eigenvalue weighted by atomic mass is 35.5. The van der Waals surface area contributed by atoms with Crippen LogP contribution in [0.25, 0.3) is 0 Å². The predicted molar refractivity (Wildman–Crippen MR) is 82.9 cm³/mol. The smallest absolute Gasteiger partial charge is 0.259 e. The molecule has 0 aliphatic rings. The molecule has 4 nitrogen and oxygen atoms in total. The third kappa shape index (κ3) is 3.03. The third-order valence-corrected chi connectivity index (χ3v) is 3.55. The molecule has 0 atom stereocenters. The van der Waals surface area contributed by atoms with E-state index >= 15 is 0 Å². The Balaban J connectivity index is 2.30. The molecule has 20 heavy (non-hydrogen) atoms. The molecule has 0 bridgehead atoms. The topological polar surface area (TPSA) is 54.0 Å². The number of carbonyl (C=O) groups excluding carboxylic acids is 1. The molecule has 0 spiro atoms. The van der Waals surface area contributed by atoms with Crippen molar-refractivity contribution in [3.8, 4) is 0 Å². The van der Waals surface area contributed by atoms with Gasteiger partial charge in [-0.05, 0) is 30.7 Å². The number of hydrogen-bond donors (Lipinski definition) is 2. The average molecular weight is 310 g/mol. The number of nitrogens with zero attached hydrogens (tertiary/aromatic N) is 1. The Morgan fingerprint density at radius 1 is 1.20 bits per heavy atom. The van der Waals surface area contributed by atoms with Gasteiger partial charge >= 0.3 is 0 Å². The second kappa shape index (κ2) is 6.11. The summed E-state index contributed by atoms with van der Waals surface area (Å²) in [6.45, 7) is 1.85. The fourth-order valence-electron chi connectivity index (χ4n) is 1.73. The second-order valence-corrected chi connectivity index (χ2v) is 5.02. The summed E-state index contributed by atoms with van der Waals surface area (Å²) >= 11 is 12.1. The Hall–Kier alpha value is -1.78. The number of anilines is 2. The van der Waals surface area contributed by atoms with Gasteiger partial charge in [0.2, 0.25) is 0 Å². The highest BCUT2D eigenvalue weighted by Gasteiger charge is 2.13.